The van der Waals surface area contributed by atoms with Crippen molar-refractivity contribution in [3.05, 3.63) is 48.0 Å². The van der Waals surface area contributed by atoms with Gasteiger partial charge in [0, 0.05) is 25.4 Å². The van der Waals surface area contributed by atoms with Crippen LogP contribution in [0, 0.1) is 6.92 Å². The van der Waals surface area contributed by atoms with Gasteiger partial charge in [-0.25, -0.2) is 13.4 Å². The van der Waals surface area contributed by atoms with E-state index in [1.165, 1.54) is 0 Å². The molecule has 108 valence electrons. The van der Waals surface area contributed by atoms with Crippen LogP contribution in [0.1, 0.15) is 24.7 Å². The normalized spacial score (nSPS) is 11.7. The zero-order valence-electron chi connectivity index (χ0n) is 11.9. The zero-order chi connectivity index (χ0) is 14.6. The van der Waals surface area contributed by atoms with Crippen molar-refractivity contribution in [3.63, 3.8) is 0 Å². The lowest BCUT2D eigenvalue weighted by molar-refractivity contribution is 0.583. The highest BCUT2D eigenvalue weighted by molar-refractivity contribution is 7.91. The second-order valence-electron chi connectivity index (χ2n) is 4.88. The molecule has 0 aliphatic carbocycles. The van der Waals surface area contributed by atoms with E-state index in [4.69, 9.17) is 0 Å². The van der Waals surface area contributed by atoms with E-state index in [-0.39, 0.29) is 5.75 Å². The van der Waals surface area contributed by atoms with Gasteiger partial charge in [0.2, 0.25) is 0 Å². The Morgan fingerprint density at radius 1 is 1.20 bits per heavy atom. The predicted octanol–water partition coefficient (Wildman–Crippen LogP) is 2.62. The number of imidazole rings is 1. The molecule has 1 aromatic carbocycles. The molecule has 0 spiro atoms. The minimum atomic E-state index is -3.18. The van der Waals surface area contributed by atoms with Crippen LogP contribution in [0.2, 0.25) is 0 Å². The summed E-state index contributed by atoms with van der Waals surface area (Å²) in [5.41, 5.74) is 1.06. The molecule has 0 aliphatic heterocycles. The maximum Gasteiger partial charge on any atom is 0.178 e. The monoisotopic (exact) mass is 292 g/mol. The molecule has 0 saturated heterocycles. The van der Waals surface area contributed by atoms with Crippen LogP contribution in [-0.2, 0) is 22.8 Å². The zero-order valence-corrected chi connectivity index (χ0v) is 12.7. The first-order chi connectivity index (χ1) is 9.53. The SMILES string of the molecule is CCc1nccn1CCCS(=O)(=O)c1ccc(C)cc1. The van der Waals surface area contributed by atoms with E-state index in [2.05, 4.69) is 4.98 Å². The maximum absolute atomic E-state index is 12.2. The average molecular weight is 292 g/mol. The summed E-state index contributed by atoms with van der Waals surface area (Å²) in [7, 11) is -3.18. The van der Waals surface area contributed by atoms with E-state index < -0.39 is 9.84 Å². The van der Waals surface area contributed by atoms with Gasteiger partial charge in [-0.1, -0.05) is 24.6 Å². The third-order valence-corrected chi connectivity index (χ3v) is 5.13. The molecule has 0 bridgehead atoms. The highest BCUT2D eigenvalue weighted by Gasteiger charge is 2.13. The number of hydrogen-bond donors (Lipinski definition) is 0. The summed E-state index contributed by atoms with van der Waals surface area (Å²) >= 11 is 0. The Morgan fingerprint density at radius 2 is 1.90 bits per heavy atom. The van der Waals surface area contributed by atoms with Gasteiger partial charge in [0.15, 0.2) is 9.84 Å². The Kier molecular flexibility index (Phi) is 4.60. The predicted molar refractivity (Wildman–Crippen MR) is 79.5 cm³/mol. The van der Waals surface area contributed by atoms with E-state index in [1.54, 1.807) is 18.3 Å². The molecule has 0 N–H and O–H groups in total. The van der Waals surface area contributed by atoms with E-state index in [0.717, 1.165) is 17.8 Å². The standard InChI is InChI=1S/C15H20N2O2S/c1-3-15-16-9-11-17(15)10-4-12-20(18,19)14-7-5-13(2)6-8-14/h5-9,11H,3-4,10,12H2,1-2H3. The molecule has 4 nitrogen and oxygen atoms in total. The largest absolute Gasteiger partial charge is 0.335 e. The molecule has 1 aromatic heterocycles. The van der Waals surface area contributed by atoms with Crippen molar-refractivity contribution in [2.45, 2.75) is 38.1 Å². The second kappa shape index (κ2) is 6.22. The van der Waals surface area contributed by atoms with Crippen molar-refractivity contribution in [1.82, 2.24) is 9.55 Å². The first-order valence-corrected chi connectivity index (χ1v) is 8.47. The maximum atomic E-state index is 12.2. The van der Waals surface area contributed by atoms with Gasteiger partial charge < -0.3 is 4.57 Å². The Hall–Kier alpha value is -1.62. The van der Waals surface area contributed by atoms with E-state index >= 15 is 0 Å². The van der Waals surface area contributed by atoms with Crippen molar-refractivity contribution in [2.75, 3.05) is 5.75 Å². The molecule has 0 amide bonds. The van der Waals surface area contributed by atoms with Crippen LogP contribution in [0.5, 0.6) is 0 Å². The van der Waals surface area contributed by atoms with E-state index in [9.17, 15) is 8.42 Å². The summed E-state index contributed by atoms with van der Waals surface area (Å²) in [6.07, 6.45) is 5.11. The number of rotatable bonds is 6. The van der Waals surface area contributed by atoms with Gasteiger partial charge in [-0.2, -0.15) is 0 Å². The summed E-state index contributed by atoms with van der Waals surface area (Å²) in [5, 5.41) is 0. The lowest BCUT2D eigenvalue weighted by Gasteiger charge is -2.07. The number of benzene rings is 1. The fourth-order valence-electron chi connectivity index (χ4n) is 2.15. The molecule has 2 aromatic rings. The third-order valence-electron chi connectivity index (χ3n) is 3.31. The molecule has 5 heteroatoms. The first kappa shape index (κ1) is 14.8. The number of sulfone groups is 1. The molecule has 0 aliphatic rings. The van der Waals surface area contributed by atoms with Crippen LogP contribution in [-0.4, -0.2) is 23.7 Å². The van der Waals surface area contributed by atoms with E-state index in [0.29, 0.717) is 17.9 Å². The molecular formula is C15H20N2O2S. The van der Waals surface area contributed by atoms with Gasteiger partial charge >= 0.3 is 0 Å². The van der Waals surface area contributed by atoms with Gasteiger partial charge in [-0.05, 0) is 25.5 Å². The van der Waals surface area contributed by atoms with Crippen LogP contribution < -0.4 is 0 Å². The van der Waals surface area contributed by atoms with Gasteiger partial charge in [-0.15, -0.1) is 0 Å². The summed E-state index contributed by atoms with van der Waals surface area (Å²) < 4.78 is 26.4. The van der Waals surface area contributed by atoms with Gasteiger partial charge in [0.25, 0.3) is 0 Å². The first-order valence-electron chi connectivity index (χ1n) is 6.82. The van der Waals surface area contributed by atoms with Crippen molar-refractivity contribution in [3.8, 4) is 0 Å². The average Bonchev–Trinajstić information content (AvgIpc) is 2.86. The molecular weight excluding hydrogens is 272 g/mol. The molecule has 0 radical (unpaired) electrons. The summed E-state index contributed by atoms with van der Waals surface area (Å²) in [4.78, 5) is 4.64. The van der Waals surface area contributed by atoms with Crippen LogP contribution in [0.4, 0.5) is 0 Å². The van der Waals surface area contributed by atoms with Crippen LogP contribution in [0.25, 0.3) is 0 Å². The molecule has 2 rings (SSSR count). The fourth-order valence-corrected chi connectivity index (χ4v) is 3.44. The van der Waals surface area contributed by atoms with E-state index in [1.807, 2.05) is 36.7 Å². The fraction of sp³-hybridized carbons (Fsp3) is 0.400. The third kappa shape index (κ3) is 3.48. The van der Waals surface area contributed by atoms with Gasteiger partial charge in [0.05, 0.1) is 10.6 Å². The molecule has 20 heavy (non-hydrogen) atoms. The number of hydrogen-bond acceptors (Lipinski definition) is 3. The van der Waals surface area contributed by atoms with Crippen LogP contribution >= 0.6 is 0 Å². The summed E-state index contributed by atoms with van der Waals surface area (Å²) in [5.74, 6) is 1.16. The lowest BCUT2D eigenvalue weighted by Crippen LogP contribution is -2.11. The van der Waals surface area contributed by atoms with Crippen molar-refractivity contribution in [2.24, 2.45) is 0 Å². The number of aromatic nitrogens is 2. The highest BCUT2D eigenvalue weighted by atomic mass is 32.2. The summed E-state index contributed by atoms with van der Waals surface area (Å²) in [6, 6.07) is 7.02. The van der Waals surface area contributed by atoms with Crippen molar-refractivity contribution < 1.29 is 8.42 Å². The van der Waals surface area contributed by atoms with Crippen LogP contribution in [0.3, 0.4) is 0 Å². The van der Waals surface area contributed by atoms with Gasteiger partial charge in [0.1, 0.15) is 5.82 Å². The smallest absolute Gasteiger partial charge is 0.178 e. The second-order valence-corrected chi connectivity index (χ2v) is 6.99. The Balaban J connectivity index is 1.98. The van der Waals surface area contributed by atoms with Crippen LogP contribution in [0.15, 0.2) is 41.6 Å². The lowest BCUT2D eigenvalue weighted by atomic mass is 10.2. The molecule has 0 fully saturated rings. The number of aryl methyl sites for hydroxylation is 3. The van der Waals surface area contributed by atoms with Gasteiger partial charge in [-0.3, -0.25) is 0 Å². The quantitative estimate of drug-likeness (QED) is 0.822. The Morgan fingerprint density at radius 3 is 2.55 bits per heavy atom. The Bertz CT molecular complexity index is 657. The minimum absolute atomic E-state index is 0.164. The molecule has 0 atom stereocenters. The Labute approximate surface area is 120 Å². The topological polar surface area (TPSA) is 52.0 Å². The molecule has 0 saturated carbocycles. The highest BCUT2D eigenvalue weighted by Crippen LogP contribution is 2.13. The van der Waals surface area contributed by atoms with Crippen molar-refractivity contribution in [1.29, 1.82) is 0 Å². The number of nitrogens with zero attached hydrogens (tertiary/aromatic N) is 2. The molecule has 1 heterocycles. The minimum Gasteiger partial charge on any atom is -0.335 e. The van der Waals surface area contributed by atoms with Crippen molar-refractivity contribution >= 4 is 9.84 Å². The summed E-state index contributed by atoms with van der Waals surface area (Å²) in [6.45, 7) is 4.68. The molecule has 0 unspecified atom stereocenters.